The Morgan fingerprint density at radius 2 is 1.78 bits per heavy atom. The lowest BCUT2D eigenvalue weighted by Gasteiger charge is -2.35. The number of anilines is 2. The fourth-order valence-corrected chi connectivity index (χ4v) is 4.39. The predicted molar refractivity (Wildman–Crippen MR) is 128 cm³/mol. The molecule has 2 amide bonds. The molecule has 4 rings (SSSR count). The normalized spacial score (nSPS) is 13.8. The van der Waals surface area contributed by atoms with E-state index >= 15 is 0 Å². The summed E-state index contributed by atoms with van der Waals surface area (Å²) < 4.78 is 6.52. The van der Waals surface area contributed by atoms with Gasteiger partial charge in [-0.15, -0.1) is 10.2 Å². The van der Waals surface area contributed by atoms with Crippen molar-refractivity contribution in [1.82, 2.24) is 15.1 Å². The molecule has 2 heterocycles. The number of aromatic nitrogens is 2. The van der Waals surface area contributed by atoms with E-state index in [1.807, 2.05) is 53.4 Å². The van der Waals surface area contributed by atoms with Crippen molar-refractivity contribution in [1.29, 1.82) is 0 Å². The number of halogens is 1. The summed E-state index contributed by atoms with van der Waals surface area (Å²) in [6, 6.07) is 15.3. The summed E-state index contributed by atoms with van der Waals surface area (Å²) in [4.78, 5) is 27.9. The van der Waals surface area contributed by atoms with E-state index in [1.165, 1.54) is 11.8 Å². The molecule has 1 saturated heterocycles. The molecular formula is C22H22BrN5O3S. The molecule has 1 N–H and O–H groups in total. The van der Waals surface area contributed by atoms with E-state index in [-0.39, 0.29) is 17.6 Å². The first kappa shape index (κ1) is 22.3. The highest BCUT2D eigenvalue weighted by atomic mass is 79.9. The van der Waals surface area contributed by atoms with Gasteiger partial charge in [0.15, 0.2) is 0 Å². The maximum atomic E-state index is 12.3. The molecule has 0 saturated carbocycles. The quantitative estimate of drug-likeness (QED) is 0.497. The van der Waals surface area contributed by atoms with Crippen LogP contribution in [0.1, 0.15) is 6.92 Å². The maximum absolute atomic E-state index is 12.3. The number of hydrogen-bond acceptors (Lipinski definition) is 7. The summed E-state index contributed by atoms with van der Waals surface area (Å²) in [6.07, 6.45) is 0. The number of nitrogens with one attached hydrogen (secondary N) is 1. The minimum absolute atomic E-state index is 0.116. The molecule has 2 aromatic carbocycles. The van der Waals surface area contributed by atoms with E-state index < -0.39 is 0 Å². The van der Waals surface area contributed by atoms with Crippen molar-refractivity contribution in [2.24, 2.45) is 0 Å². The highest BCUT2D eigenvalue weighted by Gasteiger charge is 2.19. The Kier molecular flexibility index (Phi) is 7.11. The average molecular weight is 516 g/mol. The molecule has 0 unspecified atom stereocenters. The SMILES string of the molecule is CC(=O)N1CCN(c2ccc(NC(=O)CSc3nnc(-c4ccccc4Br)o3)cc2)CC1. The molecule has 0 atom stereocenters. The Hall–Kier alpha value is -2.85. The van der Waals surface area contributed by atoms with Crippen molar-refractivity contribution in [2.75, 3.05) is 42.1 Å². The zero-order valence-corrected chi connectivity index (χ0v) is 19.9. The molecule has 10 heteroatoms. The van der Waals surface area contributed by atoms with Gasteiger partial charge in [-0.05, 0) is 52.3 Å². The number of rotatable bonds is 6. The van der Waals surface area contributed by atoms with E-state index in [9.17, 15) is 9.59 Å². The minimum atomic E-state index is -0.154. The van der Waals surface area contributed by atoms with Crippen LogP contribution in [0.15, 0.2) is 62.6 Å². The first-order valence-corrected chi connectivity index (χ1v) is 11.9. The number of hydrogen-bond donors (Lipinski definition) is 1. The van der Waals surface area contributed by atoms with Crippen LogP contribution in [0.3, 0.4) is 0 Å². The summed E-state index contributed by atoms with van der Waals surface area (Å²) >= 11 is 4.65. The van der Waals surface area contributed by atoms with Crippen molar-refractivity contribution in [3.8, 4) is 11.5 Å². The van der Waals surface area contributed by atoms with E-state index in [0.29, 0.717) is 11.1 Å². The van der Waals surface area contributed by atoms with Crippen LogP contribution in [-0.2, 0) is 9.59 Å². The molecule has 0 radical (unpaired) electrons. The molecule has 166 valence electrons. The van der Waals surface area contributed by atoms with Crippen molar-refractivity contribution in [3.63, 3.8) is 0 Å². The lowest BCUT2D eigenvalue weighted by Crippen LogP contribution is -2.48. The number of amides is 2. The number of benzene rings is 2. The topological polar surface area (TPSA) is 91.6 Å². The van der Waals surface area contributed by atoms with Gasteiger partial charge in [-0.2, -0.15) is 0 Å². The first-order chi connectivity index (χ1) is 15.5. The Bertz CT molecular complexity index is 1100. The Balaban J connectivity index is 1.27. The number of carbonyl (C=O) groups is 2. The fourth-order valence-electron chi connectivity index (χ4n) is 3.37. The zero-order valence-electron chi connectivity index (χ0n) is 17.5. The van der Waals surface area contributed by atoms with E-state index in [4.69, 9.17) is 4.42 Å². The molecule has 0 bridgehead atoms. The van der Waals surface area contributed by atoms with Gasteiger partial charge in [-0.1, -0.05) is 23.9 Å². The zero-order chi connectivity index (χ0) is 22.5. The third kappa shape index (κ3) is 5.49. The van der Waals surface area contributed by atoms with Crippen molar-refractivity contribution in [3.05, 3.63) is 53.0 Å². The number of piperazine rings is 1. The standard InChI is InChI=1S/C22H22BrN5O3S/c1-15(29)27-10-12-28(13-11-27)17-8-6-16(7-9-17)24-20(30)14-32-22-26-25-21(31-22)18-4-2-3-5-19(18)23/h2-9H,10-14H2,1H3,(H,24,30). The lowest BCUT2D eigenvalue weighted by atomic mass is 10.2. The third-order valence-corrected chi connectivity index (χ3v) is 6.59. The number of carbonyl (C=O) groups excluding carboxylic acids is 2. The van der Waals surface area contributed by atoms with E-state index in [1.54, 1.807) is 6.92 Å². The second-order valence-corrected chi connectivity index (χ2v) is 9.01. The van der Waals surface area contributed by atoms with Crippen LogP contribution < -0.4 is 10.2 Å². The summed E-state index contributed by atoms with van der Waals surface area (Å²) in [5.74, 6) is 0.524. The molecule has 1 aliphatic rings. The molecule has 8 nitrogen and oxygen atoms in total. The van der Waals surface area contributed by atoms with Crippen LogP contribution in [0.2, 0.25) is 0 Å². The van der Waals surface area contributed by atoms with Crippen LogP contribution in [0.5, 0.6) is 0 Å². The molecule has 32 heavy (non-hydrogen) atoms. The van der Waals surface area contributed by atoms with Crippen LogP contribution in [0.25, 0.3) is 11.5 Å². The Morgan fingerprint density at radius 3 is 2.47 bits per heavy atom. The Morgan fingerprint density at radius 1 is 1.06 bits per heavy atom. The van der Waals surface area contributed by atoms with Gasteiger partial charge in [0.25, 0.3) is 5.22 Å². The smallest absolute Gasteiger partial charge is 0.277 e. The predicted octanol–water partition coefficient (Wildman–Crippen LogP) is 3.90. The van der Waals surface area contributed by atoms with Gasteiger partial charge < -0.3 is 19.5 Å². The van der Waals surface area contributed by atoms with Crippen LogP contribution in [0.4, 0.5) is 11.4 Å². The summed E-state index contributed by atoms with van der Waals surface area (Å²) in [5.41, 5.74) is 2.60. The molecule has 1 aromatic heterocycles. The monoisotopic (exact) mass is 515 g/mol. The highest BCUT2D eigenvalue weighted by molar-refractivity contribution is 9.10. The molecule has 3 aromatic rings. The van der Waals surface area contributed by atoms with E-state index in [0.717, 1.165) is 47.6 Å². The fraction of sp³-hybridized carbons (Fsp3) is 0.273. The second kappa shape index (κ2) is 10.2. The molecule has 0 aliphatic carbocycles. The summed E-state index contributed by atoms with van der Waals surface area (Å²) in [6.45, 7) is 4.65. The van der Waals surface area contributed by atoms with Crippen LogP contribution in [0, 0.1) is 0 Å². The van der Waals surface area contributed by atoms with Gasteiger partial charge in [-0.3, -0.25) is 9.59 Å². The summed E-state index contributed by atoms with van der Waals surface area (Å²) in [7, 11) is 0. The average Bonchev–Trinajstić information content (AvgIpc) is 3.27. The van der Waals surface area contributed by atoms with Gasteiger partial charge in [0.1, 0.15) is 0 Å². The second-order valence-electron chi connectivity index (χ2n) is 7.23. The van der Waals surface area contributed by atoms with Crippen molar-refractivity contribution < 1.29 is 14.0 Å². The largest absolute Gasteiger partial charge is 0.411 e. The van der Waals surface area contributed by atoms with Crippen molar-refractivity contribution in [2.45, 2.75) is 12.1 Å². The van der Waals surface area contributed by atoms with Crippen LogP contribution in [-0.4, -0.2) is 58.8 Å². The van der Waals surface area contributed by atoms with Gasteiger partial charge >= 0.3 is 0 Å². The minimum Gasteiger partial charge on any atom is -0.411 e. The van der Waals surface area contributed by atoms with Crippen molar-refractivity contribution >= 4 is 50.9 Å². The van der Waals surface area contributed by atoms with Gasteiger partial charge in [0.2, 0.25) is 17.7 Å². The third-order valence-electron chi connectivity index (χ3n) is 5.08. The lowest BCUT2D eigenvalue weighted by molar-refractivity contribution is -0.129. The van der Waals surface area contributed by atoms with Gasteiger partial charge in [0.05, 0.1) is 11.3 Å². The molecular weight excluding hydrogens is 494 g/mol. The maximum Gasteiger partial charge on any atom is 0.277 e. The molecule has 0 spiro atoms. The highest BCUT2D eigenvalue weighted by Crippen LogP contribution is 2.29. The Labute approximate surface area is 198 Å². The van der Waals surface area contributed by atoms with Crippen LogP contribution >= 0.6 is 27.7 Å². The number of nitrogens with zero attached hydrogens (tertiary/aromatic N) is 4. The van der Waals surface area contributed by atoms with E-state index in [2.05, 4.69) is 36.3 Å². The van der Waals surface area contributed by atoms with Gasteiger partial charge in [0, 0.05) is 49.0 Å². The molecule has 1 fully saturated rings. The first-order valence-electron chi connectivity index (χ1n) is 10.1. The summed E-state index contributed by atoms with van der Waals surface area (Å²) in [5, 5.41) is 11.3. The molecule has 1 aliphatic heterocycles. The van der Waals surface area contributed by atoms with Gasteiger partial charge in [-0.25, -0.2) is 0 Å². The number of thioether (sulfide) groups is 1.